The number of amides is 4. The van der Waals surface area contributed by atoms with E-state index in [0.717, 1.165) is 16.3 Å². The zero-order valence-electron chi connectivity index (χ0n) is 24.0. The molecular weight excluding hydrogens is 520 g/mol. The molecule has 0 aliphatic rings. The summed E-state index contributed by atoms with van der Waals surface area (Å²) in [5, 5.41) is 7.40. The normalized spacial score (nSPS) is 12.6. The monoisotopic (exact) mass is 558 g/mol. The first kappa shape index (κ1) is 30.9. The molecule has 3 aromatic carbocycles. The molecule has 2 atom stereocenters. The maximum Gasteiger partial charge on any atom is 0.408 e. The van der Waals surface area contributed by atoms with E-state index in [1.54, 1.807) is 51.1 Å². The van der Waals surface area contributed by atoms with Gasteiger partial charge in [0.05, 0.1) is 6.42 Å². The molecule has 9 heteroatoms. The summed E-state index contributed by atoms with van der Waals surface area (Å²) in [6.45, 7) is 10.9. The van der Waals surface area contributed by atoms with E-state index in [0.29, 0.717) is 17.7 Å². The Morgan fingerprint density at radius 3 is 2.34 bits per heavy atom. The molecule has 0 saturated heterocycles. The van der Waals surface area contributed by atoms with Crippen LogP contribution in [0, 0.1) is 0 Å². The second kappa shape index (κ2) is 13.6. The van der Waals surface area contributed by atoms with E-state index in [1.165, 1.54) is 4.90 Å². The third-order valence-corrected chi connectivity index (χ3v) is 6.18. The van der Waals surface area contributed by atoms with Crippen molar-refractivity contribution in [3.05, 3.63) is 84.4 Å². The van der Waals surface area contributed by atoms with Crippen molar-refractivity contribution in [1.29, 1.82) is 0 Å². The number of hydrogen-bond acceptors (Lipinski definition) is 5. The Morgan fingerprint density at radius 1 is 1.00 bits per heavy atom. The zero-order chi connectivity index (χ0) is 30.2. The van der Waals surface area contributed by atoms with E-state index < -0.39 is 47.9 Å². The molecule has 0 aromatic heterocycles. The molecule has 0 bridgehead atoms. The minimum Gasteiger partial charge on any atom is -0.444 e. The van der Waals surface area contributed by atoms with Gasteiger partial charge in [0.25, 0.3) is 5.91 Å². The van der Waals surface area contributed by atoms with Gasteiger partial charge in [-0.25, -0.2) is 4.79 Å². The van der Waals surface area contributed by atoms with Crippen molar-refractivity contribution in [2.45, 2.75) is 58.2 Å². The lowest BCUT2D eigenvalue weighted by Crippen LogP contribution is -2.53. The topological polar surface area (TPSA) is 131 Å². The van der Waals surface area contributed by atoms with Gasteiger partial charge in [0.2, 0.25) is 11.8 Å². The van der Waals surface area contributed by atoms with Crippen LogP contribution in [-0.4, -0.2) is 46.9 Å². The van der Waals surface area contributed by atoms with Crippen LogP contribution in [0.1, 0.15) is 57.7 Å². The lowest BCUT2D eigenvalue weighted by Gasteiger charge is -2.34. The predicted molar refractivity (Wildman–Crippen MR) is 161 cm³/mol. The number of hydrogen-bond donors (Lipinski definition) is 3. The molecule has 3 aromatic rings. The largest absolute Gasteiger partial charge is 0.444 e. The summed E-state index contributed by atoms with van der Waals surface area (Å²) in [5.74, 6) is -1.89. The van der Waals surface area contributed by atoms with Crippen LogP contribution in [0.25, 0.3) is 16.8 Å². The van der Waals surface area contributed by atoms with E-state index in [1.807, 2.05) is 49.4 Å². The van der Waals surface area contributed by atoms with E-state index in [4.69, 9.17) is 10.5 Å². The fourth-order valence-electron chi connectivity index (χ4n) is 4.47. The van der Waals surface area contributed by atoms with Gasteiger partial charge in [-0.15, -0.1) is 0 Å². The molecule has 41 heavy (non-hydrogen) atoms. The van der Waals surface area contributed by atoms with Crippen LogP contribution in [0.5, 0.6) is 0 Å². The molecule has 216 valence electrons. The quantitative estimate of drug-likeness (QED) is 0.299. The minimum atomic E-state index is -1.34. The Morgan fingerprint density at radius 2 is 1.71 bits per heavy atom. The summed E-state index contributed by atoms with van der Waals surface area (Å²) in [4.78, 5) is 53.9. The Kier molecular flexibility index (Phi) is 10.2. The number of nitrogens with zero attached hydrogens (tertiary/aromatic N) is 1. The molecule has 0 radical (unpaired) electrons. The molecule has 0 aliphatic heterocycles. The number of carbonyl (C=O) groups excluding carboxylic acids is 4. The second-order valence-corrected chi connectivity index (χ2v) is 10.7. The molecule has 0 heterocycles. The lowest BCUT2D eigenvalue weighted by atomic mass is 9.99. The number of fused-ring (bicyclic) bond motifs is 1. The molecular formula is C32H38N4O5. The zero-order valence-corrected chi connectivity index (χ0v) is 24.0. The molecule has 4 N–H and O–H groups in total. The third kappa shape index (κ3) is 8.66. The molecule has 9 nitrogen and oxygen atoms in total. The van der Waals surface area contributed by atoms with Gasteiger partial charge in [-0.3, -0.25) is 14.4 Å². The summed E-state index contributed by atoms with van der Waals surface area (Å²) < 4.78 is 5.31. The summed E-state index contributed by atoms with van der Waals surface area (Å²) in [6, 6.07) is 18.0. The highest BCUT2D eigenvalue weighted by molar-refractivity contribution is 6.01. The Balaban J connectivity index is 2.03. The predicted octanol–water partition coefficient (Wildman–Crippen LogP) is 5.17. The number of benzene rings is 3. The van der Waals surface area contributed by atoms with Crippen molar-refractivity contribution in [2.24, 2.45) is 5.73 Å². The average Bonchev–Trinajstić information content (AvgIpc) is 2.90. The molecule has 0 spiro atoms. The molecule has 3 rings (SSSR count). The summed E-state index contributed by atoms with van der Waals surface area (Å²) in [6.07, 6.45) is 0.805. The first-order valence-corrected chi connectivity index (χ1v) is 13.5. The smallest absolute Gasteiger partial charge is 0.408 e. The molecule has 0 aliphatic carbocycles. The number of nitrogens with one attached hydrogen (secondary N) is 2. The van der Waals surface area contributed by atoms with Gasteiger partial charge in [-0.2, -0.15) is 0 Å². The van der Waals surface area contributed by atoms with E-state index >= 15 is 0 Å². The van der Waals surface area contributed by atoms with Gasteiger partial charge in [0.1, 0.15) is 17.7 Å². The van der Waals surface area contributed by atoms with Crippen LogP contribution in [0.15, 0.2) is 73.3 Å². The van der Waals surface area contributed by atoms with Crippen LogP contribution < -0.4 is 16.4 Å². The van der Waals surface area contributed by atoms with Crippen LogP contribution in [0.4, 0.5) is 10.5 Å². The number of primary amides is 1. The van der Waals surface area contributed by atoms with Crippen LogP contribution in [0.3, 0.4) is 0 Å². The Hall–Kier alpha value is -4.66. The fourth-order valence-corrected chi connectivity index (χ4v) is 4.47. The van der Waals surface area contributed by atoms with Crippen LogP contribution >= 0.6 is 0 Å². The van der Waals surface area contributed by atoms with E-state index in [-0.39, 0.29) is 6.54 Å². The highest BCUT2D eigenvalue weighted by atomic mass is 16.6. The highest BCUT2D eigenvalue weighted by Crippen LogP contribution is 2.27. The maximum absolute atomic E-state index is 14.0. The van der Waals surface area contributed by atoms with Crippen molar-refractivity contribution in [3.63, 3.8) is 0 Å². The highest BCUT2D eigenvalue weighted by Gasteiger charge is 2.36. The number of nitrogens with two attached hydrogens (primary N) is 1. The fraction of sp³-hybridized carbons (Fsp3) is 0.312. The molecule has 0 fully saturated rings. The van der Waals surface area contributed by atoms with E-state index in [9.17, 15) is 19.2 Å². The molecule has 4 amide bonds. The first-order chi connectivity index (χ1) is 19.4. The average molecular weight is 559 g/mol. The number of carbonyl (C=O) groups is 4. The van der Waals surface area contributed by atoms with Gasteiger partial charge in [0.15, 0.2) is 0 Å². The minimum absolute atomic E-state index is 0.165. The van der Waals surface area contributed by atoms with Gasteiger partial charge >= 0.3 is 6.09 Å². The number of anilines is 1. The summed E-state index contributed by atoms with van der Waals surface area (Å²) in [7, 11) is 0. The molecule has 2 unspecified atom stereocenters. The lowest BCUT2D eigenvalue weighted by molar-refractivity contribution is -0.141. The van der Waals surface area contributed by atoms with Crippen molar-refractivity contribution >= 4 is 46.4 Å². The standard InChI is InChI=1S/C32H38N4O5/c1-6-17-36(30(39)26(20-27(33)37)35-31(40)41-32(3,4)5)28(24-14-10-11-21(7-2)18-24)29(38)34-25-16-15-22-12-8-9-13-23(22)19-25/h7-16,18-19,26,28H,2,6,17,20H2,1,3-5H3,(H2,33,37)(H,34,38)(H,35,40). The van der Waals surface area contributed by atoms with Crippen molar-refractivity contribution in [3.8, 4) is 0 Å². The first-order valence-electron chi connectivity index (χ1n) is 13.5. The summed E-state index contributed by atoms with van der Waals surface area (Å²) in [5.41, 5.74) is 6.47. The summed E-state index contributed by atoms with van der Waals surface area (Å²) >= 11 is 0. The maximum atomic E-state index is 14.0. The van der Waals surface area contributed by atoms with Crippen molar-refractivity contribution < 1.29 is 23.9 Å². The van der Waals surface area contributed by atoms with E-state index in [2.05, 4.69) is 17.2 Å². The van der Waals surface area contributed by atoms with Crippen LogP contribution in [-0.2, 0) is 19.1 Å². The van der Waals surface area contributed by atoms with Gasteiger partial charge < -0.3 is 26.0 Å². The van der Waals surface area contributed by atoms with Gasteiger partial charge in [-0.05, 0) is 67.3 Å². The van der Waals surface area contributed by atoms with Gasteiger partial charge in [0, 0.05) is 12.2 Å². The second-order valence-electron chi connectivity index (χ2n) is 10.7. The van der Waals surface area contributed by atoms with Crippen molar-refractivity contribution in [1.82, 2.24) is 10.2 Å². The number of ether oxygens (including phenoxy) is 1. The molecule has 0 saturated carbocycles. The SMILES string of the molecule is C=Cc1cccc(C(C(=O)Nc2ccc3ccccc3c2)N(CCC)C(=O)C(CC(N)=O)NC(=O)OC(C)(C)C)c1. The number of alkyl carbamates (subject to hydrolysis) is 1. The van der Waals surface area contributed by atoms with Crippen LogP contribution in [0.2, 0.25) is 0 Å². The van der Waals surface area contributed by atoms with Crippen molar-refractivity contribution in [2.75, 3.05) is 11.9 Å². The Labute approximate surface area is 240 Å². The Bertz CT molecular complexity index is 1430. The number of rotatable bonds is 11. The third-order valence-electron chi connectivity index (χ3n) is 6.18. The van der Waals surface area contributed by atoms with Gasteiger partial charge in [-0.1, -0.05) is 68.1 Å².